The minimum atomic E-state index is -0.597. The van der Waals surface area contributed by atoms with E-state index in [1.165, 1.54) is 18.3 Å². The van der Waals surface area contributed by atoms with E-state index in [2.05, 4.69) is 4.98 Å². The summed E-state index contributed by atoms with van der Waals surface area (Å²) in [6.45, 7) is 3.82. The molecule has 0 radical (unpaired) electrons. The number of hydrogen-bond acceptors (Lipinski definition) is 7. The summed E-state index contributed by atoms with van der Waals surface area (Å²) in [5.74, 6) is -0.720. The zero-order valence-corrected chi connectivity index (χ0v) is 15.6. The van der Waals surface area contributed by atoms with E-state index < -0.39 is 11.6 Å². The van der Waals surface area contributed by atoms with E-state index in [0.29, 0.717) is 29.6 Å². The first-order valence-corrected chi connectivity index (χ1v) is 8.83. The summed E-state index contributed by atoms with van der Waals surface area (Å²) < 4.78 is 15.7. The van der Waals surface area contributed by atoms with Crippen LogP contribution in [0.2, 0.25) is 0 Å². The van der Waals surface area contributed by atoms with Crippen molar-refractivity contribution in [3.63, 3.8) is 0 Å². The number of ether oxygens (including phenoxy) is 2. The van der Waals surface area contributed by atoms with Crippen molar-refractivity contribution in [1.82, 2.24) is 4.98 Å². The van der Waals surface area contributed by atoms with Crippen molar-refractivity contribution in [3.05, 3.63) is 69.8 Å². The van der Waals surface area contributed by atoms with E-state index in [-0.39, 0.29) is 23.7 Å². The van der Waals surface area contributed by atoms with Gasteiger partial charge < -0.3 is 13.9 Å². The molecule has 0 fully saturated rings. The lowest BCUT2D eigenvalue weighted by atomic mass is 10.0. The number of hydrogen-bond donors (Lipinski definition) is 0. The van der Waals surface area contributed by atoms with Crippen molar-refractivity contribution in [2.75, 3.05) is 6.61 Å². The molecule has 0 saturated carbocycles. The van der Waals surface area contributed by atoms with Crippen molar-refractivity contribution in [3.8, 4) is 5.75 Å². The molecule has 144 valence electrons. The highest BCUT2D eigenvalue weighted by atomic mass is 16.5. The quantitative estimate of drug-likeness (QED) is 0.367. The Hall–Kier alpha value is -3.48. The van der Waals surface area contributed by atoms with Crippen LogP contribution in [0, 0.1) is 6.92 Å². The van der Waals surface area contributed by atoms with Crippen LogP contribution in [0.3, 0.4) is 0 Å². The van der Waals surface area contributed by atoms with E-state index in [1.54, 1.807) is 38.2 Å². The predicted molar refractivity (Wildman–Crippen MR) is 101 cm³/mol. The summed E-state index contributed by atoms with van der Waals surface area (Å²) in [5, 5.41) is 0.708. The Balaban J connectivity index is 1.99. The fraction of sp³-hybridized carbons (Fsp3) is 0.238. The van der Waals surface area contributed by atoms with Gasteiger partial charge in [0.15, 0.2) is 0 Å². The third-order valence-electron chi connectivity index (χ3n) is 4.14. The largest absolute Gasteiger partial charge is 0.466 e. The zero-order chi connectivity index (χ0) is 20.1. The van der Waals surface area contributed by atoms with Gasteiger partial charge in [-0.05, 0) is 49.6 Å². The van der Waals surface area contributed by atoms with Gasteiger partial charge in [0, 0.05) is 36.3 Å². The van der Waals surface area contributed by atoms with Crippen molar-refractivity contribution < 1.29 is 23.5 Å². The van der Waals surface area contributed by atoms with Gasteiger partial charge in [-0.25, -0.2) is 9.59 Å². The third-order valence-corrected chi connectivity index (χ3v) is 4.14. The van der Waals surface area contributed by atoms with Gasteiger partial charge in [0.1, 0.15) is 11.3 Å². The van der Waals surface area contributed by atoms with Gasteiger partial charge in [0.2, 0.25) is 0 Å². The fourth-order valence-electron chi connectivity index (χ4n) is 2.79. The molecule has 0 atom stereocenters. The molecule has 0 amide bonds. The van der Waals surface area contributed by atoms with Gasteiger partial charge in [-0.3, -0.25) is 9.78 Å². The van der Waals surface area contributed by atoms with E-state index in [1.807, 2.05) is 0 Å². The molecule has 28 heavy (non-hydrogen) atoms. The molecule has 0 unspecified atom stereocenters. The first-order chi connectivity index (χ1) is 13.5. The van der Waals surface area contributed by atoms with E-state index in [0.717, 1.165) is 5.56 Å². The van der Waals surface area contributed by atoms with Crippen LogP contribution in [0.25, 0.3) is 11.0 Å². The van der Waals surface area contributed by atoms with Crippen LogP contribution in [0.15, 0.2) is 51.9 Å². The Bertz CT molecular complexity index is 1070. The van der Waals surface area contributed by atoms with Crippen LogP contribution in [0.1, 0.15) is 34.8 Å². The third kappa shape index (κ3) is 4.43. The molecule has 0 spiro atoms. The maximum absolute atomic E-state index is 12.4. The van der Waals surface area contributed by atoms with Crippen LogP contribution in [-0.2, 0) is 16.0 Å². The maximum Gasteiger partial charge on any atom is 0.345 e. The molecule has 0 aliphatic rings. The van der Waals surface area contributed by atoms with Gasteiger partial charge in [-0.2, -0.15) is 0 Å². The summed E-state index contributed by atoms with van der Waals surface area (Å²) in [5.41, 5.74) is 1.46. The fourth-order valence-corrected chi connectivity index (χ4v) is 2.79. The molecule has 0 saturated heterocycles. The standard InChI is InChI=1S/C21H19NO6/c1-3-26-19(23)7-6-14-10-16-13(2)9-20(24)27-18(16)11-17(14)28-21(25)15-5-4-8-22-12-15/h4-5,8-12H,3,6-7H2,1-2H3. The summed E-state index contributed by atoms with van der Waals surface area (Å²) in [4.78, 5) is 39.8. The first-order valence-electron chi connectivity index (χ1n) is 8.83. The van der Waals surface area contributed by atoms with Gasteiger partial charge >= 0.3 is 17.6 Å². The van der Waals surface area contributed by atoms with Gasteiger partial charge in [0.05, 0.1) is 12.2 Å². The molecule has 2 aromatic heterocycles. The molecule has 3 rings (SSSR count). The molecule has 0 N–H and O–H groups in total. The highest BCUT2D eigenvalue weighted by molar-refractivity contribution is 5.92. The molecule has 1 aromatic carbocycles. The second-order valence-electron chi connectivity index (χ2n) is 6.14. The molecule has 2 heterocycles. The number of pyridine rings is 1. The number of fused-ring (bicyclic) bond motifs is 1. The van der Waals surface area contributed by atoms with Crippen molar-refractivity contribution in [2.45, 2.75) is 26.7 Å². The van der Waals surface area contributed by atoms with Crippen molar-refractivity contribution in [1.29, 1.82) is 0 Å². The number of carbonyl (C=O) groups excluding carboxylic acids is 2. The van der Waals surface area contributed by atoms with Gasteiger partial charge in [-0.1, -0.05) is 0 Å². The normalized spacial score (nSPS) is 10.6. The molecular formula is C21H19NO6. The molecule has 0 aliphatic heterocycles. The van der Waals surface area contributed by atoms with Crippen LogP contribution in [0.5, 0.6) is 5.75 Å². The Morgan fingerprint density at radius 1 is 1.21 bits per heavy atom. The summed E-state index contributed by atoms with van der Waals surface area (Å²) in [6, 6.07) is 7.86. The summed E-state index contributed by atoms with van der Waals surface area (Å²) in [6.07, 6.45) is 3.39. The minimum absolute atomic E-state index is 0.132. The average molecular weight is 381 g/mol. The number of benzene rings is 1. The van der Waals surface area contributed by atoms with Crippen molar-refractivity contribution >= 4 is 22.9 Å². The molecule has 7 heteroatoms. The molecule has 7 nitrogen and oxygen atoms in total. The van der Waals surface area contributed by atoms with Crippen LogP contribution >= 0.6 is 0 Å². The van der Waals surface area contributed by atoms with E-state index in [9.17, 15) is 14.4 Å². The zero-order valence-electron chi connectivity index (χ0n) is 15.6. The monoisotopic (exact) mass is 381 g/mol. The molecule has 3 aromatic rings. The Kier molecular flexibility index (Phi) is 5.84. The maximum atomic E-state index is 12.4. The number of carbonyl (C=O) groups is 2. The van der Waals surface area contributed by atoms with Crippen LogP contribution < -0.4 is 10.4 Å². The van der Waals surface area contributed by atoms with Gasteiger partial charge in [-0.15, -0.1) is 0 Å². The van der Waals surface area contributed by atoms with E-state index in [4.69, 9.17) is 13.9 Å². The first kappa shape index (κ1) is 19.3. The van der Waals surface area contributed by atoms with Crippen molar-refractivity contribution in [2.24, 2.45) is 0 Å². The van der Waals surface area contributed by atoms with Gasteiger partial charge in [0.25, 0.3) is 0 Å². The molecule has 0 aliphatic carbocycles. The Morgan fingerprint density at radius 3 is 2.75 bits per heavy atom. The smallest absolute Gasteiger partial charge is 0.345 e. The average Bonchev–Trinajstić information content (AvgIpc) is 2.67. The molecular weight excluding hydrogens is 362 g/mol. The second-order valence-corrected chi connectivity index (χ2v) is 6.14. The number of rotatable bonds is 6. The lowest BCUT2D eigenvalue weighted by molar-refractivity contribution is -0.143. The molecule has 0 bridgehead atoms. The summed E-state index contributed by atoms with van der Waals surface area (Å²) >= 11 is 0. The van der Waals surface area contributed by atoms with Crippen LogP contribution in [-0.4, -0.2) is 23.5 Å². The Labute approximate surface area is 160 Å². The predicted octanol–water partition coefficient (Wildman–Crippen LogP) is 3.21. The summed E-state index contributed by atoms with van der Waals surface area (Å²) in [7, 11) is 0. The topological polar surface area (TPSA) is 95.7 Å². The Morgan fingerprint density at radius 2 is 2.04 bits per heavy atom. The number of nitrogens with zero attached hydrogens (tertiary/aromatic N) is 1. The van der Waals surface area contributed by atoms with Crippen LogP contribution in [0.4, 0.5) is 0 Å². The lowest BCUT2D eigenvalue weighted by Crippen LogP contribution is -2.11. The van der Waals surface area contributed by atoms with E-state index >= 15 is 0 Å². The number of aryl methyl sites for hydroxylation is 2. The number of aromatic nitrogens is 1. The lowest BCUT2D eigenvalue weighted by Gasteiger charge is -2.12. The highest BCUT2D eigenvalue weighted by Gasteiger charge is 2.16. The highest BCUT2D eigenvalue weighted by Crippen LogP contribution is 2.29. The number of esters is 2. The minimum Gasteiger partial charge on any atom is -0.466 e. The SMILES string of the molecule is CCOC(=O)CCc1cc2c(C)cc(=O)oc2cc1OC(=O)c1cccnc1. The second kappa shape index (κ2) is 8.47.